The van der Waals surface area contributed by atoms with E-state index in [0.717, 1.165) is 0 Å². The number of hydrogen-bond acceptors (Lipinski definition) is 6. The fourth-order valence-corrected chi connectivity index (χ4v) is 3.31. The van der Waals surface area contributed by atoms with Gasteiger partial charge in [-0.05, 0) is 26.0 Å². The van der Waals surface area contributed by atoms with Crippen molar-refractivity contribution in [2.24, 2.45) is 5.14 Å². The maximum atomic E-state index is 11.6. The lowest BCUT2D eigenvalue weighted by Crippen LogP contribution is -2.54. The van der Waals surface area contributed by atoms with Crippen LogP contribution in [0.5, 0.6) is 0 Å². The van der Waals surface area contributed by atoms with E-state index in [2.05, 4.69) is 0 Å². The third-order valence-corrected chi connectivity index (χ3v) is 4.34. The predicted octanol–water partition coefficient (Wildman–Crippen LogP) is -0.108. The predicted molar refractivity (Wildman–Crippen MR) is 80.5 cm³/mol. The first-order valence-electron chi connectivity index (χ1n) is 6.59. The molecule has 1 aliphatic rings. The maximum absolute atomic E-state index is 11.6. The molecule has 1 aliphatic heterocycles. The van der Waals surface area contributed by atoms with Crippen LogP contribution >= 0.6 is 0 Å². The molecule has 118 valence electrons. The van der Waals surface area contributed by atoms with Gasteiger partial charge in [0, 0.05) is 13.1 Å². The van der Waals surface area contributed by atoms with Gasteiger partial charge < -0.3 is 20.5 Å². The van der Waals surface area contributed by atoms with Crippen molar-refractivity contribution in [3.05, 3.63) is 18.2 Å². The summed E-state index contributed by atoms with van der Waals surface area (Å²) in [5.41, 5.74) is 6.19. The van der Waals surface area contributed by atoms with Crippen LogP contribution in [0, 0.1) is 0 Å². The molecule has 0 amide bonds. The topological polar surface area (TPSA) is 119 Å². The first kappa shape index (κ1) is 16.0. The minimum atomic E-state index is -3.87. The van der Waals surface area contributed by atoms with Gasteiger partial charge >= 0.3 is 0 Å². The van der Waals surface area contributed by atoms with Crippen LogP contribution in [0.25, 0.3) is 0 Å². The van der Waals surface area contributed by atoms with Gasteiger partial charge in [-0.3, -0.25) is 0 Å². The van der Waals surface area contributed by atoms with Gasteiger partial charge in [-0.25, -0.2) is 13.6 Å². The van der Waals surface area contributed by atoms with E-state index < -0.39 is 15.6 Å². The Labute approximate surface area is 124 Å². The second-order valence-corrected chi connectivity index (χ2v) is 7.33. The number of anilines is 2. The molecule has 5 N–H and O–H groups in total. The molecule has 0 saturated carbocycles. The largest absolute Gasteiger partial charge is 0.396 e. The van der Waals surface area contributed by atoms with Crippen molar-refractivity contribution in [1.82, 2.24) is 0 Å². The lowest BCUT2D eigenvalue weighted by Gasteiger charge is -2.43. The summed E-state index contributed by atoms with van der Waals surface area (Å²) in [6.07, 6.45) is -0.355. The fourth-order valence-electron chi connectivity index (χ4n) is 2.63. The van der Waals surface area contributed by atoms with E-state index >= 15 is 0 Å². The van der Waals surface area contributed by atoms with E-state index in [-0.39, 0.29) is 23.3 Å². The highest BCUT2D eigenvalue weighted by Crippen LogP contribution is 2.33. The highest BCUT2D eigenvalue weighted by atomic mass is 32.2. The molecule has 0 aliphatic carbocycles. The van der Waals surface area contributed by atoms with Crippen molar-refractivity contribution < 1.29 is 18.3 Å². The van der Waals surface area contributed by atoms with Gasteiger partial charge in [-0.15, -0.1) is 0 Å². The average molecular weight is 315 g/mol. The molecule has 1 heterocycles. The number of rotatable bonds is 3. The molecule has 7 nitrogen and oxygen atoms in total. The number of benzene rings is 1. The molecule has 0 radical (unpaired) electrons. The van der Waals surface area contributed by atoms with Crippen LogP contribution in [0.2, 0.25) is 0 Å². The molecule has 2 rings (SSSR count). The highest BCUT2D eigenvalue weighted by Gasteiger charge is 2.34. The van der Waals surface area contributed by atoms with Crippen molar-refractivity contribution in [2.45, 2.75) is 30.4 Å². The van der Waals surface area contributed by atoms with Crippen LogP contribution in [-0.2, 0) is 14.8 Å². The standard InChI is InChI=1S/C13H21N3O4S/c1-13(2)8-16(6-9(7-17)20-13)10-4-3-5-11(12(10)14)21(15,18)19/h3-5,9,17H,6-8,14H2,1-2H3,(H2,15,18,19). The van der Waals surface area contributed by atoms with Crippen molar-refractivity contribution >= 4 is 21.4 Å². The summed E-state index contributed by atoms with van der Waals surface area (Å²) in [6, 6.07) is 4.71. The van der Waals surface area contributed by atoms with Crippen molar-refractivity contribution in [3.63, 3.8) is 0 Å². The number of nitrogens with two attached hydrogens (primary N) is 2. The number of sulfonamides is 1. The third kappa shape index (κ3) is 3.46. The zero-order chi connectivity index (χ0) is 15.8. The van der Waals surface area contributed by atoms with Crippen molar-refractivity contribution in [1.29, 1.82) is 0 Å². The first-order valence-corrected chi connectivity index (χ1v) is 8.13. The molecule has 1 saturated heterocycles. The van der Waals surface area contributed by atoms with E-state index in [0.29, 0.717) is 18.8 Å². The van der Waals surface area contributed by atoms with Crippen LogP contribution in [0.3, 0.4) is 0 Å². The van der Waals surface area contributed by atoms with E-state index in [1.807, 2.05) is 18.7 Å². The monoisotopic (exact) mass is 315 g/mol. The number of nitrogens with zero attached hydrogens (tertiary/aromatic N) is 1. The Morgan fingerprint density at radius 3 is 2.71 bits per heavy atom. The minimum Gasteiger partial charge on any atom is -0.396 e. The molecule has 1 aromatic rings. The quantitative estimate of drug-likeness (QED) is 0.670. The van der Waals surface area contributed by atoms with Gasteiger partial charge in [0.15, 0.2) is 0 Å². The number of nitrogen functional groups attached to an aromatic ring is 1. The Morgan fingerprint density at radius 1 is 1.48 bits per heavy atom. The summed E-state index contributed by atoms with van der Waals surface area (Å²) in [7, 11) is -3.87. The second kappa shape index (κ2) is 5.45. The molecule has 0 aromatic heterocycles. The maximum Gasteiger partial charge on any atom is 0.240 e. The van der Waals surface area contributed by atoms with E-state index in [4.69, 9.17) is 15.6 Å². The average Bonchev–Trinajstić information content (AvgIpc) is 2.35. The number of aliphatic hydroxyl groups is 1. The normalized spacial score (nSPS) is 22.3. The van der Waals surface area contributed by atoms with Gasteiger partial charge in [-0.1, -0.05) is 6.07 Å². The smallest absolute Gasteiger partial charge is 0.240 e. The lowest BCUT2D eigenvalue weighted by atomic mass is 10.0. The molecule has 1 unspecified atom stereocenters. The molecule has 1 aromatic carbocycles. The summed E-state index contributed by atoms with van der Waals surface area (Å²) in [5, 5.41) is 14.5. The van der Waals surface area contributed by atoms with Crippen LogP contribution < -0.4 is 15.8 Å². The molecule has 1 atom stereocenters. The molecule has 1 fully saturated rings. The first-order chi connectivity index (χ1) is 9.64. The molecular weight excluding hydrogens is 294 g/mol. The van der Waals surface area contributed by atoms with E-state index in [1.54, 1.807) is 12.1 Å². The Morgan fingerprint density at radius 2 is 2.14 bits per heavy atom. The SMILES string of the molecule is CC1(C)CN(c2cccc(S(N)(=O)=O)c2N)CC(CO)O1. The summed E-state index contributed by atoms with van der Waals surface area (Å²) >= 11 is 0. The van der Waals surface area contributed by atoms with Gasteiger partial charge in [0.1, 0.15) is 4.90 Å². The zero-order valence-corrected chi connectivity index (χ0v) is 12.9. The summed E-state index contributed by atoms with van der Waals surface area (Å²) in [4.78, 5) is 1.82. The number of hydrogen-bond donors (Lipinski definition) is 3. The third-order valence-electron chi connectivity index (χ3n) is 3.38. The number of morpholine rings is 1. The van der Waals surface area contributed by atoms with Crippen molar-refractivity contribution in [3.8, 4) is 0 Å². The number of aliphatic hydroxyl groups excluding tert-OH is 1. The Balaban J connectivity index is 2.42. The van der Waals surface area contributed by atoms with Crippen LogP contribution in [0.4, 0.5) is 11.4 Å². The summed E-state index contributed by atoms with van der Waals surface area (Å²) in [5.74, 6) is 0. The van der Waals surface area contributed by atoms with Gasteiger partial charge in [0.25, 0.3) is 0 Å². The Kier molecular flexibility index (Phi) is 4.16. The molecule has 8 heteroatoms. The fraction of sp³-hybridized carbons (Fsp3) is 0.538. The Bertz CT molecular complexity index is 630. The molecule has 0 spiro atoms. The van der Waals surface area contributed by atoms with Gasteiger partial charge in [-0.2, -0.15) is 0 Å². The summed E-state index contributed by atoms with van der Waals surface area (Å²) < 4.78 is 28.8. The van der Waals surface area contributed by atoms with Crippen LogP contribution in [-0.4, -0.2) is 44.9 Å². The Hall–Kier alpha value is -1.35. The van der Waals surface area contributed by atoms with Crippen LogP contribution in [0.1, 0.15) is 13.8 Å². The van der Waals surface area contributed by atoms with Crippen LogP contribution in [0.15, 0.2) is 23.1 Å². The molecular formula is C13H21N3O4S. The highest BCUT2D eigenvalue weighted by molar-refractivity contribution is 7.89. The number of ether oxygens (including phenoxy) is 1. The number of primary sulfonamides is 1. The summed E-state index contributed by atoms with van der Waals surface area (Å²) in [6.45, 7) is 4.65. The molecule has 0 bridgehead atoms. The second-order valence-electron chi connectivity index (χ2n) is 5.80. The van der Waals surface area contributed by atoms with E-state index in [9.17, 15) is 13.5 Å². The minimum absolute atomic E-state index is 0.0927. The lowest BCUT2D eigenvalue weighted by molar-refractivity contribution is -0.100. The van der Waals surface area contributed by atoms with Gasteiger partial charge in [0.2, 0.25) is 10.0 Å². The molecule has 21 heavy (non-hydrogen) atoms. The zero-order valence-electron chi connectivity index (χ0n) is 12.1. The van der Waals surface area contributed by atoms with Crippen molar-refractivity contribution in [2.75, 3.05) is 30.3 Å². The van der Waals surface area contributed by atoms with Gasteiger partial charge in [0.05, 0.1) is 29.7 Å². The number of para-hydroxylation sites is 1. The van der Waals surface area contributed by atoms with E-state index in [1.165, 1.54) is 6.07 Å².